The third-order valence-electron chi connectivity index (χ3n) is 3.55. The minimum absolute atomic E-state index is 0.720. The SMILES string of the molecule is OC1C=CC(C=C2C=CC(C=C3C=CC(C=C4C=CC=N4)=N3)=N2)=N1. The molecule has 0 aromatic rings. The Morgan fingerprint density at radius 3 is 2.00 bits per heavy atom. The van der Waals surface area contributed by atoms with Crippen LogP contribution in [-0.4, -0.2) is 34.7 Å². The summed E-state index contributed by atoms with van der Waals surface area (Å²) in [7, 11) is 0. The molecule has 0 spiro atoms. The van der Waals surface area contributed by atoms with E-state index in [4.69, 9.17) is 0 Å². The number of allylic oxidation sites excluding steroid dienone is 10. The molecular formula is C19H14N4O. The molecule has 0 bridgehead atoms. The first-order chi connectivity index (χ1) is 11.7. The van der Waals surface area contributed by atoms with Crippen molar-refractivity contribution in [2.75, 3.05) is 0 Å². The average Bonchev–Trinajstić information content (AvgIpc) is 3.32. The topological polar surface area (TPSA) is 69.7 Å². The van der Waals surface area contributed by atoms with Crippen molar-refractivity contribution in [3.05, 3.63) is 83.9 Å². The summed E-state index contributed by atoms with van der Waals surface area (Å²) >= 11 is 0. The molecule has 0 radical (unpaired) electrons. The molecule has 1 atom stereocenters. The van der Waals surface area contributed by atoms with Gasteiger partial charge in [-0.15, -0.1) is 0 Å². The molecule has 24 heavy (non-hydrogen) atoms. The second-order valence-electron chi connectivity index (χ2n) is 5.41. The third kappa shape index (κ3) is 3.26. The number of hydrogen-bond acceptors (Lipinski definition) is 5. The average molecular weight is 314 g/mol. The van der Waals surface area contributed by atoms with Crippen molar-refractivity contribution >= 4 is 23.3 Å². The first-order valence-corrected chi connectivity index (χ1v) is 7.58. The Labute approximate surface area is 139 Å². The van der Waals surface area contributed by atoms with Gasteiger partial charge in [0.05, 0.1) is 34.2 Å². The zero-order valence-electron chi connectivity index (χ0n) is 12.7. The second kappa shape index (κ2) is 6.14. The monoisotopic (exact) mass is 314 g/mol. The summed E-state index contributed by atoms with van der Waals surface area (Å²) in [6.45, 7) is 0. The maximum absolute atomic E-state index is 9.34. The number of rotatable bonds is 3. The van der Waals surface area contributed by atoms with Crippen LogP contribution >= 0.6 is 0 Å². The van der Waals surface area contributed by atoms with E-state index in [2.05, 4.69) is 20.0 Å². The highest BCUT2D eigenvalue weighted by molar-refractivity contribution is 6.12. The molecule has 0 saturated carbocycles. The van der Waals surface area contributed by atoms with E-state index in [0.29, 0.717) is 0 Å². The van der Waals surface area contributed by atoms with Gasteiger partial charge in [-0.1, -0.05) is 0 Å². The standard InChI is InChI=1S/C19H14N4O/c24-19-8-7-18(23-19)12-17-6-5-16(22-17)11-15-4-3-14(21-15)10-13-2-1-9-20-13/h1-12,19,24H. The Morgan fingerprint density at radius 2 is 1.42 bits per heavy atom. The van der Waals surface area contributed by atoms with Crippen LogP contribution in [0.2, 0.25) is 0 Å². The minimum atomic E-state index is -0.739. The molecule has 0 aliphatic carbocycles. The molecule has 1 N–H and O–H groups in total. The molecule has 5 nitrogen and oxygen atoms in total. The third-order valence-corrected chi connectivity index (χ3v) is 3.55. The number of aliphatic hydroxyl groups is 1. The van der Waals surface area contributed by atoms with Gasteiger partial charge in [-0.25, -0.2) is 9.98 Å². The summed E-state index contributed by atoms with van der Waals surface area (Å²) in [5.41, 5.74) is 4.98. The van der Waals surface area contributed by atoms with Gasteiger partial charge in [0.15, 0.2) is 6.23 Å². The van der Waals surface area contributed by atoms with Gasteiger partial charge in [0.1, 0.15) is 0 Å². The summed E-state index contributed by atoms with van der Waals surface area (Å²) < 4.78 is 0. The lowest BCUT2D eigenvalue weighted by molar-refractivity contribution is 0.237. The van der Waals surface area contributed by atoms with Gasteiger partial charge in [0, 0.05) is 6.21 Å². The number of aliphatic imine (C=N–C) groups is 4. The molecule has 0 saturated heterocycles. The summed E-state index contributed by atoms with van der Waals surface area (Å²) in [6, 6.07) is 0. The molecular weight excluding hydrogens is 300 g/mol. The predicted molar refractivity (Wildman–Crippen MR) is 97.6 cm³/mol. The van der Waals surface area contributed by atoms with Gasteiger partial charge in [0.2, 0.25) is 0 Å². The van der Waals surface area contributed by atoms with E-state index in [0.717, 1.165) is 34.2 Å². The Balaban J connectivity index is 1.49. The molecule has 116 valence electrons. The van der Waals surface area contributed by atoms with Crippen molar-refractivity contribution in [3.63, 3.8) is 0 Å². The zero-order valence-corrected chi connectivity index (χ0v) is 12.7. The van der Waals surface area contributed by atoms with Crippen molar-refractivity contribution in [2.45, 2.75) is 6.23 Å². The van der Waals surface area contributed by atoms with Crippen molar-refractivity contribution in [1.82, 2.24) is 0 Å². The van der Waals surface area contributed by atoms with E-state index in [1.807, 2.05) is 54.7 Å². The lowest BCUT2D eigenvalue weighted by Gasteiger charge is -1.92. The van der Waals surface area contributed by atoms with Gasteiger partial charge in [-0.3, -0.25) is 9.98 Å². The van der Waals surface area contributed by atoms with E-state index in [1.165, 1.54) is 0 Å². The smallest absolute Gasteiger partial charge is 0.165 e. The van der Waals surface area contributed by atoms with Crippen LogP contribution in [0.1, 0.15) is 0 Å². The van der Waals surface area contributed by atoms with Crippen LogP contribution in [0.4, 0.5) is 0 Å². The van der Waals surface area contributed by atoms with Crippen LogP contribution in [0, 0.1) is 0 Å². The van der Waals surface area contributed by atoms with Crippen LogP contribution in [0.25, 0.3) is 0 Å². The van der Waals surface area contributed by atoms with Crippen LogP contribution in [0.5, 0.6) is 0 Å². The van der Waals surface area contributed by atoms with Crippen molar-refractivity contribution in [3.8, 4) is 0 Å². The molecule has 0 fully saturated rings. The molecule has 0 aromatic heterocycles. The molecule has 4 heterocycles. The highest BCUT2D eigenvalue weighted by atomic mass is 16.3. The Kier molecular flexibility index (Phi) is 3.69. The van der Waals surface area contributed by atoms with Gasteiger partial charge in [-0.2, -0.15) is 0 Å². The van der Waals surface area contributed by atoms with Gasteiger partial charge >= 0.3 is 0 Å². The number of aliphatic hydroxyl groups excluding tert-OH is 1. The number of nitrogens with zero attached hydrogens (tertiary/aromatic N) is 4. The largest absolute Gasteiger partial charge is 0.368 e. The Morgan fingerprint density at radius 1 is 0.750 bits per heavy atom. The molecule has 4 aliphatic rings. The van der Waals surface area contributed by atoms with E-state index in [9.17, 15) is 5.11 Å². The maximum Gasteiger partial charge on any atom is 0.165 e. The Bertz CT molecular complexity index is 901. The van der Waals surface area contributed by atoms with Crippen LogP contribution in [0.3, 0.4) is 0 Å². The molecule has 4 rings (SSSR count). The van der Waals surface area contributed by atoms with Crippen LogP contribution < -0.4 is 0 Å². The van der Waals surface area contributed by atoms with E-state index in [-0.39, 0.29) is 0 Å². The van der Waals surface area contributed by atoms with Crippen molar-refractivity contribution in [1.29, 1.82) is 0 Å². The fourth-order valence-electron chi connectivity index (χ4n) is 2.47. The quantitative estimate of drug-likeness (QED) is 0.854. The van der Waals surface area contributed by atoms with Crippen molar-refractivity contribution in [2.24, 2.45) is 20.0 Å². The normalized spacial score (nSPS) is 28.8. The summed E-state index contributed by atoms with van der Waals surface area (Å²) in [6.07, 6.45) is 21.7. The van der Waals surface area contributed by atoms with E-state index < -0.39 is 6.23 Å². The predicted octanol–water partition coefficient (Wildman–Crippen LogP) is 2.63. The van der Waals surface area contributed by atoms with Gasteiger partial charge < -0.3 is 5.11 Å². The molecule has 0 amide bonds. The lowest BCUT2D eigenvalue weighted by atomic mass is 10.2. The van der Waals surface area contributed by atoms with Crippen molar-refractivity contribution < 1.29 is 5.11 Å². The van der Waals surface area contributed by atoms with Crippen LogP contribution in [0.15, 0.2) is 104 Å². The molecule has 0 aromatic carbocycles. The Hall–Kier alpha value is -3.18. The minimum Gasteiger partial charge on any atom is -0.368 e. The lowest BCUT2D eigenvalue weighted by Crippen LogP contribution is -1.93. The molecule has 4 aliphatic heterocycles. The van der Waals surface area contributed by atoms with E-state index in [1.54, 1.807) is 18.4 Å². The van der Waals surface area contributed by atoms with Gasteiger partial charge in [0.25, 0.3) is 0 Å². The fraction of sp³-hybridized carbons (Fsp3) is 0.0526. The summed E-state index contributed by atoms with van der Waals surface area (Å²) in [5.74, 6) is 0. The maximum atomic E-state index is 9.34. The highest BCUT2D eigenvalue weighted by Crippen LogP contribution is 2.17. The van der Waals surface area contributed by atoms with E-state index >= 15 is 0 Å². The molecule has 1 unspecified atom stereocenters. The number of hydrogen-bond donors (Lipinski definition) is 1. The van der Waals surface area contributed by atoms with Crippen LogP contribution in [-0.2, 0) is 0 Å². The highest BCUT2D eigenvalue weighted by Gasteiger charge is 2.09. The summed E-state index contributed by atoms with van der Waals surface area (Å²) in [5, 5.41) is 9.34. The molecule has 5 heteroatoms. The van der Waals surface area contributed by atoms with Gasteiger partial charge in [-0.05, 0) is 66.8 Å². The summed E-state index contributed by atoms with van der Waals surface area (Å²) in [4.78, 5) is 17.3. The first kappa shape index (κ1) is 14.4. The fourth-order valence-corrected chi connectivity index (χ4v) is 2.47. The second-order valence-corrected chi connectivity index (χ2v) is 5.41. The first-order valence-electron chi connectivity index (χ1n) is 7.58. The zero-order chi connectivity index (χ0) is 16.4.